The highest BCUT2D eigenvalue weighted by molar-refractivity contribution is 7.10. The van der Waals surface area contributed by atoms with Gasteiger partial charge in [-0.3, -0.25) is 10.1 Å². The molecule has 1 heterocycles. The number of nitrogens with one attached hydrogen (secondary N) is 1. The van der Waals surface area contributed by atoms with Crippen LogP contribution in [0.4, 0.5) is 11.4 Å². The largest absolute Gasteiger partial charge is 0.375 e. The maximum atomic E-state index is 10.8. The molecule has 0 radical (unpaired) electrons. The van der Waals surface area contributed by atoms with Crippen LogP contribution in [0.5, 0.6) is 0 Å². The van der Waals surface area contributed by atoms with E-state index in [4.69, 9.17) is 23.2 Å². The number of hydrogen-bond acceptors (Lipinski definition) is 4. The van der Waals surface area contributed by atoms with E-state index in [1.54, 1.807) is 11.3 Å². The second-order valence-electron chi connectivity index (χ2n) is 4.16. The smallest absolute Gasteiger partial charge is 0.272 e. The van der Waals surface area contributed by atoms with Gasteiger partial charge >= 0.3 is 0 Å². The van der Waals surface area contributed by atoms with Crippen LogP contribution in [0, 0.1) is 10.1 Å². The molecule has 0 amide bonds. The van der Waals surface area contributed by atoms with E-state index in [2.05, 4.69) is 5.32 Å². The summed E-state index contributed by atoms with van der Waals surface area (Å²) in [6.45, 7) is 2.05. The topological polar surface area (TPSA) is 55.2 Å². The summed E-state index contributed by atoms with van der Waals surface area (Å²) < 4.78 is 0. The molecule has 0 aliphatic carbocycles. The number of rotatable bonds is 5. The molecule has 0 spiro atoms. The van der Waals surface area contributed by atoms with E-state index in [-0.39, 0.29) is 21.8 Å². The number of non-ortho nitro benzene ring substituents is 1. The monoisotopic (exact) mass is 330 g/mol. The van der Waals surface area contributed by atoms with Crippen molar-refractivity contribution in [1.82, 2.24) is 0 Å². The van der Waals surface area contributed by atoms with E-state index in [0.29, 0.717) is 5.69 Å². The maximum Gasteiger partial charge on any atom is 0.272 e. The number of thiophene rings is 1. The van der Waals surface area contributed by atoms with Gasteiger partial charge in [0.15, 0.2) is 0 Å². The van der Waals surface area contributed by atoms with E-state index in [0.717, 1.165) is 11.3 Å². The third-order valence-electron chi connectivity index (χ3n) is 2.85. The predicted molar refractivity (Wildman–Crippen MR) is 84.1 cm³/mol. The summed E-state index contributed by atoms with van der Waals surface area (Å²) in [5, 5.41) is 16.5. The lowest BCUT2D eigenvalue weighted by Gasteiger charge is -2.18. The Hall–Kier alpha value is -1.30. The highest BCUT2D eigenvalue weighted by atomic mass is 35.5. The molecule has 7 heteroatoms. The molecular weight excluding hydrogens is 319 g/mol. The first-order chi connectivity index (χ1) is 9.52. The molecule has 0 aliphatic rings. The number of nitro groups is 1. The summed E-state index contributed by atoms with van der Waals surface area (Å²) >= 11 is 13.8. The first-order valence-electron chi connectivity index (χ1n) is 5.96. The van der Waals surface area contributed by atoms with Crippen molar-refractivity contribution in [1.29, 1.82) is 0 Å². The first kappa shape index (κ1) is 15.1. The molecule has 2 rings (SSSR count). The number of benzene rings is 1. The lowest BCUT2D eigenvalue weighted by molar-refractivity contribution is -0.384. The second kappa shape index (κ2) is 6.43. The lowest BCUT2D eigenvalue weighted by atomic mass is 10.1. The van der Waals surface area contributed by atoms with Gasteiger partial charge in [0.25, 0.3) is 5.69 Å². The standard InChI is InChI=1S/C13H12Cl2N2O2S/c1-2-11(12-4-3-5-20-12)16-13-9(14)6-8(17(18)19)7-10(13)15/h3-7,11,16H,2H2,1H3. The van der Waals surface area contributed by atoms with Crippen molar-refractivity contribution in [2.45, 2.75) is 19.4 Å². The van der Waals surface area contributed by atoms with Crippen LogP contribution in [-0.2, 0) is 0 Å². The van der Waals surface area contributed by atoms with Crippen molar-refractivity contribution in [3.63, 3.8) is 0 Å². The van der Waals surface area contributed by atoms with Crippen molar-refractivity contribution in [2.24, 2.45) is 0 Å². The van der Waals surface area contributed by atoms with Gasteiger partial charge in [-0.2, -0.15) is 0 Å². The number of nitro benzene ring substituents is 1. The molecule has 1 atom stereocenters. The van der Waals surface area contributed by atoms with Crippen LogP contribution in [0.25, 0.3) is 0 Å². The number of anilines is 1. The highest BCUT2D eigenvalue weighted by Gasteiger charge is 2.18. The SMILES string of the molecule is CCC(Nc1c(Cl)cc([N+](=O)[O-])cc1Cl)c1cccs1. The Bertz CT molecular complexity index is 594. The fourth-order valence-corrected chi connectivity index (χ4v) is 3.29. The zero-order chi connectivity index (χ0) is 14.7. The Balaban J connectivity index is 2.31. The van der Waals surface area contributed by atoms with Gasteiger partial charge in [0.2, 0.25) is 0 Å². The molecule has 1 aromatic heterocycles. The molecule has 1 N–H and O–H groups in total. The predicted octanol–water partition coefficient (Wildman–Crippen LogP) is 5.53. The zero-order valence-electron chi connectivity index (χ0n) is 10.6. The number of nitrogens with zero attached hydrogens (tertiary/aromatic N) is 1. The Morgan fingerprint density at radius 3 is 2.50 bits per heavy atom. The first-order valence-corrected chi connectivity index (χ1v) is 7.59. The Morgan fingerprint density at radius 2 is 2.05 bits per heavy atom. The van der Waals surface area contributed by atoms with Crippen molar-refractivity contribution in [2.75, 3.05) is 5.32 Å². The molecule has 0 aliphatic heterocycles. The van der Waals surface area contributed by atoms with Crippen LogP contribution in [0.2, 0.25) is 10.0 Å². The minimum atomic E-state index is -0.516. The molecule has 0 fully saturated rings. The fourth-order valence-electron chi connectivity index (χ4n) is 1.84. The van der Waals surface area contributed by atoms with E-state index in [1.807, 2.05) is 24.4 Å². The Labute approximate surface area is 130 Å². The van der Waals surface area contributed by atoms with Gasteiger partial charge in [-0.25, -0.2) is 0 Å². The van der Waals surface area contributed by atoms with Crippen molar-refractivity contribution < 1.29 is 4.92 Å². The van der Waals surface area contributed by atoms with Gasteiger partial charge in [0, 0.05) is 17.0 Å². The Morgan fingerprint density at radius 1 is 1.40 bits per heavy atom. The molecule has 106 valence electrons. The van der Waals surface area contributed by atoms with Crippen molar-refractivity contribution in [3.05, 3.63) is 54.7 Å². The summed E-state index contributed by atoms with van der Waals surface area (Å²) in [4.78, 5) is 11.4. The molecule has 0 bridgehead atoms. The Kier molecular flexibility index (Phi) is 4.86. The van der Waals surface area contributed by atoms with Crippen LogP contribution in [-0.4, -0.2) is 4.92 Å². The van der Waals surface area contributed by atoms with Gasteiger partial charge < -0.3 is 5.32 Å². The maximum absolute atomic E-state index is 10.8. The zero-order valence-corrected chi connectivity index (χ0v) is 12.9. The van der Waals surface area contributed by atoms with E-state index in [1.165, 1.54) is 12.1 Å². The summed E-state index contributed by atoms with van der Waals surface area (Å²) in [7, 11) is 0. The third kappa shape index (κ3) is 3.23. The molecule has 0 saturated heterocycles. The van der Waals surface area contributed by atoms with Gasteiger partial charge in [0.1, 0.15) is 0 Å². The number of halogens is 2. The molecule has 20 heavy (non-hydrogen) atoms. The van der Waals surface area contributed by atoms with Crippen LogP contribution in [0.15, 0.2) is 29.6 Å². The minimum absolute atomic E-state index is 0.0754. The molecule has 0 saturated carbocycles. The third-order valence-corrected chi connectivity index (χ3v) is 4.43. The van der Waals surface area contributed by atoms with E-state index < -0.39 is 4.92 Å². The molecular formula is C13H12Cl2N2O2S. The van der Waals surface area contributed by atoms with Crippen LogP contribution in [0.3, 0.4) is 0 Å². The van der Waals surface area contributed by atoms with Gasteiger partial charge in [0.05, 0.1) is 26.7 Å². The van der Waals surface area contributed by atoms with Crippen LogP contribution < -0.4 is 5.32 Å². The van der Waals surface area contributed by atoms with E-state index in [9.17, 15) is 10.1 Å². The highest BCUT2D eigenvalue weighted by Crippen LogP contribution is 2.37. The van der Waals surface area contributed by atoms with Crippen molar-refractivity contribution in [3.8, 4) is 0 Å². The van der Waals surface area contributed by atoms with Crippen molar-refractivity contribution >= 4 is 45.9 Å². The lowest BCUT2D eigenvalue weighted by Crippen LogP contribution is -2.09. The second-order valence-corrected chi connectivity index (χ2v) is 5.96. The van der Waals surface area contributed by atoms with Gasteiger partial charge in [-0.1, -0.05) is 36.2 Å². The van der Waals surface area contributed by atoms with E-state index >= 15 is 0 Å². The summed E-state index contributed by atoms with van der Waals surface area (Å²) in [5.74, 6) is 0. The summed E-state index contributed by atoms with van der Waals surface area (Å²) in [6, 6.07) is 6.68. The molecule has 1 aromatic carbocycles. The summed E-state index contributed by atoms with van der Waals surface area (Å²) in [6.07, 6.45) is 0.851. The average molecular weight is 331 g/mol. The minimum Gasteiger partial charge on any atom is -0.375 e. The molecule has 4 nitrogen and oxygen atoms in total. The average Bonchev–Trinajstić information content (AvgIpc) is 2.91. The van der Waals surface area contributed by atoms with Crippen LogP contribution >= 0.6 is 34.5 Å². The normalized spacial score (nSPS) is 12.2. The quantitative estimate of drug-likeness (QED) is 0.579. The number of hydrogen-bond donors (Lipinski definition) is 1. The fraction of sp³-hybridized carbons (Fsp3) is 0.231. The molecule has 1 unspecified atom stereocenters. The van der Waals surface area contributed by atoms with Gasteiger partial charge in [-0.05, 0) is 17.9 Å². The summed E-state index contributed by atoms with van der Waals surface area (Å²) in [5.41, 5.74) is 0.411. The van der Waals surface area contributed by atoms with Crippen LogP contribution in [0.1, 0.15) is 24.3 Å². The van der Waals surface area contributed by atoms with Gasteiger partial charge in [-0.15, -0.1) is 11.3 Å². The molecule has 2 aromatic rings.